The van der Waals surface area contributed by atoms with Crippen LogP contribution < -0.4 is 11.1 Å². The summed E-state index contributed by atoms with van der Waals surface area (Å²) in [5.74, 6) is -1.75. The molecule has 0 radical (unpaired) electrons. The van der Waals surface area contributed by atoms with Crippen molar-refractivity contribution in [3.8, 4) is 0 Å². The summed E-state index contributed by atoms with van der Waals surface area (Å²) in [4.78, 5) is 35.8. The number of amides is 3. The molecule has 1 aromatic rings. The van der Waals surface area contributed by atoms with E-state index in [1.54, 1.807) is 0 Å². The lowest BCUT2D eigenvalue weighted by Gasteiger charge is -2.34. The Bertz CT molecular complexity index is 587. The Balaban J connectivity index is 2.22. The SMILES string of the molecule is CC(NC(=O)N1Cc2ccccc2CC1C(=O)O)C(N)=O. The molecule has 1 heterocycles. The van der Waals surface area contributed by atoms with Crippen LogP contribution in [0.3, 0.4) is 0 Å². The molecule has 1 aliphatic rings. The van der Waals surface area contributed by atoms with Crippen molar-refractivity contribution in [3.63, 3.8) is 0 Å². The number of primary amides is 1. The average Bonchev–Trinajstić information content (AvgIpc) is 2.45. The molecule has 0 bridgehead atoms. The number of benzene rings is 1. The summed E-state index contributed by atoms with van der Waals surface area (Å²) < 4.78 is 0. The maximum absolute atomic E-state index is 12.2. The molecule has 0 spiro atoms. The van der Waals surface area contributed by atoms with E-state index in [4.69, 9.17) is 5.73 Å². The topological polar surface area (TPSA) is 113 Å². The predicted molar refractivity (Wildman–Crippen MR) is 74.3 cm³/mol. The van der Waals surface area contributed by atoms with Crippen LogP contribution in [0.4, 0.5) is 4.79 Å². The average molecular weight is 291 g/mol. The first-order valence-electron chi connectivity index (χ1n) is 6.56. The van der Waals surface area contributed by atoms with E-state index in [-0.39, 0.29) is 13.0 Å². The van der Waals surface area contributed by atoms with Gasteiger partial charge < -0.3 is 21.1 Å². The van der Waals surface area contributed by atoms with Crippen molar-refractivity contribution in [2.45, 2.75) is 32.0 Å². The van der Waals surface area contributed by atoms with E-state index in [0.717, 1.165) is 11.1 Å². The van der Waals surface area contributed by atoms with Crippen molar-refractivity contribution >= 4 is 17.9 Å². The highest BCUT2D eigenvalue weighted by atomic mass is 16.4. The lowest BCUT2D eigenvalue weighted by molar-refractivity contribution is -0.142. The van der Waals surface area contributed by atoms with Gasteiger partial charge in [0.15, 0.2) is 0 Å². The number of carboxylic acid groups (broad SMARTS) is 1. The molecule has 0 saturated carbocycles. The summed E-state index contributed by atoms with van der Waals surface area (Å²) in [6.45, 7) is 1.64. The van der Waals surface area contributed by atoms with E-state index in [0.29, 0.717) is 0 Å². The number of hydrogen-bond donors (Lipinski definition) is 3. The molecule has 1 aliphatic heterocycles. The summed E-state index contributed by atoms with van der Waals surface area (Å²) in [5.41, 5.74) is 6.91. The molecule has 7 heteroatoms. The van der Waals surface area contributed by atoms with E-state index in [2.05, 4.69) is 5.32 Å². The minimum Gasteiger partial charge on any atom is -0.480 e. The van der Waals surface area contributed by atoms with Crippen LogP contribution >= 0.6 is 0 Å². The highest BCUT2D eigenvalue weighted by Crippen LogP contribution is 2.23. The van der Waals surface area contributed by atoms with Crippen molar-refractivity contribution in [3.05, 3.63) is 35.4 Å². The fourth-order valence-corrected chi connectivity index (χ4v) is 2.30. The number of nitrogens with two attached hydrogens (primary N) is 1. The predicted octanol–water partition coefficient (Wildman–Crippen LogP) is 0.0813. The second-order valence-electron chi connectivity index (χ2n) is 5.03. The number of rotatable bonds is 3. The van der Waals surface area contributed by atoms with Crippen LogP contribution in [-0.2, 0) is 22.6 Å². The number of nitrogens with one attached hydrogen (secondary N) is 1. The van der Waals surface area contributed by atoms with Gasteiger partial charge in [-0.2, -0.15) is 0 Å². The molecule has 3 amide bonds. The van der Waals surface area contributed by atoms with Crippen LogP contribution in [0.25, 0.3) is 0 Å². The van der Waals surface area contributed by atoms with Gasteiger partial charge in [-0.1, -0.05) is 24.3 Å². The highest BCUT2D eigenvalue weighted by molar-refractivity contribution is 5.88. The lowest BCUT2D eigenvalue weighted by Crippen LogP contribution is -2.55. The molecule has 0 aliphatic carbocycles. The molecule has 1 aromatic carbocycles. The zero-order chi connectivity index (χ0) is 15.6. The van der Waals surface area contributed by atoms with Gasteiger partial charge in [0.05, 0.1) is 0 Å². The largest absolute Gasteiger partial charge is 0.480 e. The number of fused-ring (bicyclic) bond motifs is 1. The quantitative estimate of drug-likeness (QED) is 0.732. The summed E-state index contributed by atoms with van der Waals surface area (Å²) in [6.07, 6.45) is 0.240. The lowest BCUT2D eigenvalue weighted by atomic mass is 9.94. The van der Waals surface area contributed by atoms with Gasteiger partial charge in [-0.3, -0.25) is 4.79 Å². The Morgan fingerprint density at radius 2 is 1.95 bits per heavy atom. The highest BCUT2D eigenvalue weighted by Gasteiger charge is 2.35. The number of carbonyl (C=O) groups excluding carboxylic acids is 2. The standard InChI is InChI=1S/C14H17N3O4/c1-8(12(15)18)16-14(21)17-7-10-5-3-2-4-9(10)6-11(17)13(19)20/h2-5,8,11H,6-7H2,1H3,(H2,15,18)(H,16,21)(H,19,20). The fourth-order valence-electron chi connectivity index (χ4n) is 2.30. The van der Waals surface area contributed by atoms with Crippen LogP contribution in [0.5, 0.6) is 0 Å². The monoisotopic (exact) mass is 291 g/mol. The van der Waals surface area contributed by atoms with Crippen molar-refractivity contribution < 1.29 is 19.5 Å². The number of aliphatic carboxylic acids is 1. The van der Waals surface area contributed by atoms with Gasteiger partial charge in [0, 0.05) is 13.0 Å². The van der Waals surface area contributed by atoms with Crippen LogP contribution in [0.15, 0.2) is 24.3 Å². The zero-order valence-electron chi connectivity index (χ0n) is 11.6. The van der Waals surface area contributed by atoms with E-state index in [1.807, 2.05) is 24.3 Å². The van der Waals surface area contributed by atoms with E-state index in [1.165, 1.54) is 11.8 Å². The zero-order valence-corrected chi connectivity index (χ0v) is 11.6. The molecular weight excluding hydrogens is 274 g/mol. The first-order valence-corrected chi connectivity index (χ1v) is 6.56. The summed E-state index contributed by atoms with van der Waals surface area (Å²) in [6, 6.07) is 4.95. The van der Waals surface area contributed by atoms with Crippen molar-refractivity contribution in [1.82, 2.24) is 10.2 Å². The molecule has 0 saturated heterocycles. The van der Waals surface area contributed by atoms with Crippen molar-refractivity contribution in [1.29, 1.82) is 0 Å². The van der Waals surface area contributed by atoms with Gasteiger partial charge in [-0.05, 0) is 18.1 Å². The summed E-state index contributed by atoms with van der Waals surface area (Å²) in [7, 11) is 0. The second-order valence-corrected chi connectivity index (χ2v) is 5.03. The number of hydrogen-bond acceptors (Lipinski definition) is 3. The van der Waals surface area contributed by atoms with Crippen LogP contribution in [0, 0.1) is 0 Å². The van der Waals surface area contributed by atoms with Crippen molar-refractivity contribution in [2.24, 2.45) is 5.73 Å². The van der Waals surface area contributed by atoms with Gasteiger partial charge in [0.1, 0.15) is 12.1 Å². The smallest absolute Gasteiger partial charge is 0.326 e. The molecule has 21 heavy (non-hydrogen) atoms. The summed E-state index contributed by atoms with van der Waals surface area (Å²) >= 11 is 0. The molecule has 2 unspecified atom stereocenters. The Hall–Kier alpha value is -2.57. The molecular formula is C14H17N3O4. The molecule has 7 nitrogen and oxygen atoms in total. The minimum absolute atomic E-state index is 0.185. The van der Waals surface area contributed by atoms with Crippen LogP contribution in [-0.4, -0.2) is 40.0 Å². The van der Waals surface area contributed by atoms with Crippen LogP contribution in [0.2, 0.25) is 0 Å². The first kappa shape index (κ1) is 14.8. The van der Waals surface area contributed by atoms with Gasteiger partial charge in [-0.25, -0.2) is 9.59 Å². The third-order valence-corrected chi connectivity index (χ3v) is 3.56. The van der Waals surface area contributed by atoms with Gasteiger partial charge in [0.25, 0.3) is 0 Å². The van der Waals surface area contributed by atoms with E-state index in [9.17, 15) is 19.5 Å². The Morgan fingerprint density at radius 1 is 1.33 bits per heavy atom. The van der Waals surface area contributed by atoms with Gasteiger partial charge >= 0.3 is 12.0 Å². The maximum Gasteiger partial charge on any atom is 0.326 e. The molecule has 2 rings (SSSR count). The molecule has 2 atom stereocenters. The number of urea groups is 1. The van der Waals surface area contributed by atoms with Crippen LogP contribution in [0.1, 0.15) is 18.1 Å². The normalized spacial score (nSPS) is 18.5. The third kappa shape index (κ3) is 3.13. The second kappa shape index (κ2) is 5.82. The molecule has 4 N–H and O–H groups in total. The number of carboxylic acids is 1. The fraction of sp³-hybridized carbons (Fsp3) is 0.357. The van der Waals surface area contributed by atoms with Gasteiger partial charge in [0.2, 0.25) is 5.91 Å². The Morgan fingerprint density at radius 3 is 2.52 bits per heavy atom. The summed E-state index contributed by atoms with van der Waals surface area (Å²) in [5, 5.41) is 11.7. The third-order valence-electron chi connectivity index (χ3n) is 3.56. The molecule has 0 aromatic heterocycles. The maximum atomic E-state index is 12.2. The van der Waals surface area contributed by atoms with Crippen molar-refractivity contribution in [2.75, 3.05) is 0 Å². The molecule has 0 fully saturated rings. The van der Waals surface area contributed by atoms with E-state index < -0.39 is 30.0 Å². The van der Waals surface area contributed by atoms with E-state index >= 15 is 0 Å². The minimum atomic E-state index is -1.08. The first-order chi connectivity index (χ1) is 9.90. The molecule has 112 valence electrons. The number of carbonyl (C=O) groups is 3. The Kier molecular flexibility index (Phi) is 4.11. The Labute approximate surface area is 121 Å². The van der Waals surface area contributed by atoms with Gasteiger partial charge in [-0.15, -0.1) is 0 Å². The number of nitrogens with zero attached hydrogens (tertiary/aromatic N) is 1.